The molecule has 1 N–H and O–H groups in total. The third kappa shape index (κ3) is 3.17. The Morgan fingerprint density at radius 3 is 2.54 bits per heavy atom. The largest absolute Gasteiger partial charge is 0.381 e. The lowest BCUT2D eigenvalue weighted by molar-refractivity contribution is 0.151. The van der Waals surface area contributed by atoms with Crippen LogP contribution in [0.25, 0.3) is 0 Å². The summed E-state index contributed by atoms with van der Waals surface area (Å²) in [5, 5.41) is 0. The minimum atomic E-state index is 0.363. The lowest BCUT2D eigenvalue weighted by atomic mass is 10.1. The molecule has 0 fully saturated rings. The van der Waals surface area contributed by atoms with Gasteiger partial charge >= 0.3 is 0 Å². The van der Waals surface area contributed by atoms with Crippen LogP contribution in [0.1, 0.15) is 18.1 Å². The van der Waals surface area contributed by atoms with Crippen LogP contribution in [-0.2, 0) is 17.7 Å². The molecule has 0 bridgehead atoms. The van der Waals surface area contributed by atoms with E-state index >= 15 is 0 Å². The predicted molar refractivity (Wildman–Crippen MR) is 53.4 cm³/mol. The third-order valence-electron chi connectivity index (χ3n) is 2.03. The molecule has 0 amide bonds. The van der Waals surface area contributed by atoms with E-state index in [-0.39, 0.29) is 0 Å². The maximum Gasteiger partial charge on any atom is 0.0506 e. The Balaban J connectivity index is 2.54. The molecule has 0 aliphatic rings. The number of nitrogens with one attached hydrogen (secondary N) is 1. The van der Waals surface area contributed by atoms with Crippen molar-refractivity contribution in [3.63, 3.8) is 0 Å². The number of hydrogen-bond donors (Lipinski definition) is 0. The quantitative estimate of drug-likeness (QED) is 0.635. The van der Waals surface area contributed by atoms with Gasteiger partial charge in [-0.2, -0.15) is 0 Å². The highest BCUT2D eigenvalue weighted by Gasteiger charge is 1.98. The molecule has 0 aliphatic heterocycles. The second-order valence-corrected chi connectivity index (χ2v) is 2.89. The maximum absolute atomic E-state index is 7.32. The molecule has 13 heavy (non-hydrogen) atoms. The summed E-state index contributed by atoms with van der Waals surface area (Å²) in [6.07, 6.45) is 0.920. The third-order valence-corrected chi connectivity index (χ3v) is 2.03. The van der Waals surface area contributed by atoms with Crippen LogP contribution < -0.4 is 5.73 Å². The summed E-state index contributed by atoms with van der Waals surface area (Å²) in [6.45, 7) is 3.88. The van der Waals surface area contributed by atoms with Crippen molar-refractivity contribution in [3.05, 3.63) is 35.4 Å². The van der Waals surface area contributed by atoms with Crippen molar-refractivity contribution in [1.82, 2.24) is 5.73 Å². The molecule has 0 heterocycles. The molecule has 0 aliphatic carbocycles. The number of rotatable bonds is 5. The van der Waals surface area contributed by atoms with Crippen LogP contribution >= 0.6 is 0 Å². The van der Waals surface area contributed by atoms with Crippen LogP contribution in [-0.4, -0.2) is 13.2 Å². The zero-order valence-electron chi connectivity index (χ0n) is 8.05. The molecular formula is C11H16NO. The van der Waals surface area contributed by atoms with E-state index in [2.05, 4.69) is 6.07 Å². The lowest BCUT2D eigenvalue weighted by Crippen LogP contribution is -2.01. The second-order valence-electron chi connectivity index (χ2n) is 2.89. The first-order chi connectivity index (χ1) is 6.38. The Hall–Kier alpha value is -0.860. The molecule has 1 rings (SSSR count). The minimum absolute atomic E-state index is 0.363. The highest BCUT2D eigenvalue weighted by Crippen LogP contribution is 2.08. The van der Waals surface area contributed by atoms with Gasteiger partial charge in [0.25, 0.3) is 0 Å². The molecule has 71 valence electrons. The number of hydrogen-bond acceptors (Lipinski definition) is 1. The summed E-state index contributed by atoms with van der Waals surface area (Å²) in [6, 6.07) is 8.08. The van der Waals surface area contributed by atoms with Crippen LogP contribution in [0.2, 0.25) is 0 Å². The molecule has 0 aromatic heterocycles. The van der Waals surface area contributed by atoms with Gasteiger partial charge in [-0.1, -0.05) is 24.3 Å². The normalized spacial score (nSPS) is 10.3. The molecule has 0 saturated carbocycles. The Kier molecular flexibility index (Phi) is 4.50. The van der Waals surface area contributed by atoms with Gasteiger partial charge in [-0.15, -0.1) is 0 Å². The number of benzene rings is 1. The van der Waals surface area contributed by atoms with E-state index in [1.54, 1.807) is 0 Å². The van der Waals surface area contributed by atoms with Gasteiger partial charge in [-0.05, 0) is 24.5 Å². The topological polar surface area (TPSA) is 33.0 Å². The van der Waals surface area contributed by atoms with Crippen molar-refractivity contribution >= 4 is 0 Å². The van der Waals surface area contributed by atoms with Crippen LogP contribution in [0.3, 0.4) is 0 Å². The minimum Gasteiger partial charge on any atom is -0.381 e. The van der Waals surface area contributed by atoms with Gasteiger partial charge in [0.15, 0.2) is 0 Å². The molecule has 1 radical (unpaired) electrons. The molecule has 2 heteroatoms. The monoisotopic (exact) mass is 178 g/mol. The van der Waals surface area contributed by atoms with Crippen LogP contribution in [0, 0.1) is 0 Å². The molecule has 0 unspecified atom stereocenters. The van der Waals surface area contributed by atoms with Crippen molar-refractivity contribution in [2.75, 3.05) is 13.2 Å². The molecule has 0 spiro atoms. The van der Waals surface area contributed by atoms with Gasteiger partial charge in [-0.3, -0.25) is 5.73 Å². The second kappa shape index (κ2) is 5.73. The molecule has 1 aromatic rings. The van der Waals surface area contributed by atoms with E-state index in [9.17, 15) is 0 Å². The van der Waals surface area contributed by atoms with Crippen molar-refractivity contribution in [2.24, 2.45) is 0 Å². The predicted octanol–water partition coefficient (Wildman–Crippen LogP) is 2.05. The van der Waals surface area contributed by atoms with Crippen molar-refractivity contribution in [2.45, 2.75) is 19.9 Å². The Morgan fingerprint density at radius 2 is 1.92 bits per heavy atom. The van der Waals surface area contributed by atoms with Gasteiger partial charge in [0.1, 0.15) is 0 Å². The van der Waals surface area contributed by atoms with Crippen LogP contribution in [0.15, 0.2) is 24.3 Å². The van der Waals surface area contributed by atoms with E-state index in [0.29, 0.717) is 6.54 Å². The molecule has 2 nitrogen and oxygen atoms in total. The van der Waals surface area contributed by atoms with E-state index in [4.69, 9.17) is 10.5 Å². The Labute approximate surface area is 79.7 Å². The van der Waals surface area contributed by atoms with Crippen LogP contribution in [0.4, 0.5) is 0 Å². The highest BCUT2D eigenvalue weighted by molar-refractivity contribution is 5.26. The number of ether oxygens (including phenoxy) is 1. The van der Waals surface area contributed by atoms with Crippen LogP contribution in [0.5, 0.6) is 0 Å². The van der Waals surface area contributed by atoms with Gasteiger partial charge < -0.3 is 4.74 Å². The Bertz CT molecular complexity index is 248. The van der Waals surface area contributed by atoms with E-state index in [0.717, 1.165) is 25.2 Å². The average Bonchev–Trinajstić information content (AvgIpc) is 2.19. The standard InChI is InChI=1S/C11H16NO/c1-2-13-8-7-10-5-3-4-6-11(10)9-12/h3-6,12H,2,7-9H2,1H3. The summed E-state index contributed by atoms with van der Waals surface area (Å²) < 4.78 is 5.28. The maximum atomic E-state index is 7.32. The molecule has 0 saturated heterocycles. The first-order valence-electron chi connectivity index (χ1n) is 4.67. The van der Waals surface area contributed by atoms with Gasteiger partial charge in [0.05, 0.1) is 6.61 Å². The summed E-state index contributed by atoms with van der Waals surface area (Å²) >= 11 is 0. The fraction of sp³-hybridized carbons (Fsp3) is 0.455. The summed E-state index contributed by atoms with van der Waals surface area (Å²) in [4.78, 5) is 0. The van der Waals surface area contributed by atoms with Crippen molar-refractivity contribution in [3.8, 4) is 0 Å². The average molecular weight is 178 g/mol. The fourth-order valence-electron chi connectivity index (χ4n) is 1.30. The van der Waals surface area contributed by atoms with Crippen molar-refractivity contribution < 1.29 is 4.74 Å². The molecule has 1 aromatic carbocycles. The first-order valence-corrected chi connectivity index (χ1v) is 4.67. The zero-order valence-corrected chi connectivity index (χ0v) is 8.05. The van der Waals surface area contributed by atoms with E-state index < -0.39 is 0 Å². The summed E-state index contributed by atoms with van der Waals surface area (Å²) in [7, 11) is 0. The lowest BCUT2D eigenvalue weighted by Gasteiger charge is -2.06. The fourth-order valence-corrected chi connectivity index (χ4v) is 1.30. The first kappa shape index (κ1) is 10.2. The van der Waals surface area contributed by atoms with E-state index in [1.807, 2.05) is 25.1 Å². The Morgan fingerprint density at radius 1 is 1.23 bits per heavy atom. The molecule has 0 atom stereocenters. The van der Waals surface area contributed by atoms with Gasteiger partial charge in [0, 0.05) is 13.2 Å². The summed E-state index contributed by atoms with van der Waals surface area (Å²) in [5.41, 5.74) is 9.68. The molecular weight excluding hydrogens is 162 g/mol. The van der Waals surface area contributed by atoms with Gasteiger partial charge in [0.2, 0.25) is 0 Å². The van der Waals surface area contributed by atoms with Gasteiger partial charge in [-0.25, -0.2) is 0 Å². The smallest absolute Gasteiger partial charge is 0.0506 e. The van der Waals surface area contributed by atoms with Crippen molar-refractivity contribution in [1.29, 1.82) is 0 Å². The summed E-state index contributed by atoms with van der Waals surface area (Å²) in [5.74, 6) is 0. The van der Waals surface area contributed by atoms with E-state index in [1.165, 1.54) is 5.56 Å². The zero-order chi connectivity index (χ0) is 9.52. The SMILES string of the molecule is CCOCCc1ccccc1C[NH]. The highest BCUT2D eigenvalue weighted by atomic mass is 16.5.